The van der Waals surface area contributed by atoms with Crippen molar-refractivity contribution in [3.05, 3.63) is 34.1 Å². The van der Waals surface area contributed by atoms with Crippen LogP contribution in [0.3, 0.4) is 0 Å². The molecule has 7 heteroatoms. The number of halogens is 6. The number of benzene rings is 1. The number of Topliss-reactive ketones (excluding diaryl/α,β-unsaturated/α-hetero) is 1. The molecule has 0 saturated heterocycles. The molecular weight excluding hydrogens is 271 g/mol. The molecule has 0 heterocycles. The summed E-state index contributed by atoms with van der Waals surface area (Å²) in [6.45, 7) is 0. The van der Waals surface area contributed by atoms with Gasteiger partial charge >= 0.3 is 6.18 Å². The zero-order chi connectivity index (χ0) is 12.5. The van der Waals surface area contributed by atoms with Crippen molar-refractivity contribution in [3.63, 3.8) is 0 Å². The number of hydrogen-bond acceptors (Lipinski definition) is 1. The van der Waals surface area contributed by atoms with Gasteiger partial charge in [0, 0.05) is 5.56 Å². The number of hydrogen-bond donors (Lipinski definition) is 0. The summed E-state index contributed by atoms with van der Waals surface area (Å²) in [6, 6.07) is 0.857. The fourth-order valence-electron chi connectivity index (χ4n) is 1.07. The second-order valence-corrected chi connectivity index (χ2v) is 3.51. The van der Waals surface area contributed by atoms with E-state index in [1.165, 1.54) is 0 Å². The maximum absolute atomic E-state index is 12.9. The fraction of sp³-hybridized carbons (Fsp3) is 0.222. The molecule has 0 radical (unpaired) electrons. The van der Waals surface area contributed by atoms with Crippen LogP contribution in [-0.2, 0) is 6.18 Å². The van der Waals surface area contributed by atoms with Gasteiger partial charge in [0.1, 0.15) is 5.82 Å². The highest BCUT2D eigenvalue weighted by Gasteiger charge is 2.35. The van der Waals surface area contributed by atoms with E-state index >= 15 is 0 Å². The number of rotatable bonds is 2. The summed E-state index contributed by atoms with van der Waals surface area (Å²) in [6.07, 6.45) is -4.82. The predicted octanol–water partition coefficient (Wildman–Crippen LogP) is 3.92. The standard InChI is InChI=1S/C9H4Cl2F4O/c10-3-7(16)5-1-4(12)2-6(8(5)11)9(13,14)15/h1-2H,3H2. The van der Waals surface area contributed by atoms with Gasteiger partial charge in [-0.15, -0.1) is 11.6 Å². The monoisotopic (exact) mass is 274 g/mol. The topological polar surface area (TPSA) is 17.1 Å². The van der Waals surface area contributed by atoms with Gasteiger partial charge in [0.25, 0.3) is 0 Å². The van der Waals surface area contributed by atoms with Crippen LogP contribution < -0.4 is 0 Å². The van der Waals surface area contributed by atoms with E-state index in [1.54, 1.807) is 0 Å². The minimum Gasteiger partial charge on any atom is -0.293 e. The molecule has 1 aromatic carbocycles. The van der Waals surface area contributed by atoms with Gasteiger partial charge in [-0.1, -0.05) is 11.6 Å². The van der Waals surface area contributed by atoms with Gasteiger partial charge in [-0.05, 0) is 12.1 Å². The third-order valence-electron chi connectivity index (χ3n) is 1.76. The molecular formula is C9H4Cl2F4O. The first-order valence-electron chi connectivity index (χ1n) is 3.92. The molecule has 0 spiro atoms. The van der Waals surface area contributed by atoms with E-state index in [2.05, 4.69) is 0 Å². The lowest BCUT2D eigenvalue weighted by molar-refractivity contribution is -0.137. The van der Waals surface area contributed by atoms with Crippen LogP contribution in [0.15, 0.2) is 12.1 Å². The number of carbonyl (C=O) groups is 1. The molecule has 0 aliphatic rings. The minimum atomic E-state index is -4.82. The Hall–Kier alpha value is -0.810. The first-order chi connectivity index (χ1) is 7.27. The predicted molar refractivity (Wildman–Crippen MR) is 51.5 cm³/mol. The van der Waals surface area contributed by atoms with Crippen molar-refractivity contribution in [2.24, 2.45) is 0 Å². The lowest BCUT2D eigenvalue weighted by Crippen LogP contribution is -2.11. The molecule has 16 heavy (non-hydrogen) atoms. The van der Waals surface area contributed by atoms with Crippen molar-refractivity contribution in [1.82, 2.24) is 0 Å². The molecule has 1 nitrogen and oxygen atoms in total. The minimum absolute atomic E-state index is 0.230. The largest absolute Gasteiger partial charge is 0.417 e. The SMILES string of the molecule is O=C(CCl)c1cc(F)cc(C(F)(F)F)c1Cl. The van der Waals surface area contributed by atoms with Crippen LogP contribution in [0.4, 0.5) is 17.6 Å². The van der Waals surface area contributed by atoms with E-state index in [1.807, 2.05) is 0 Å². The molecule has 0 unspecified atom stereocenters. The maximum atomic E-state index is 12.9. The Balaban J connectivity index is 3.44. The summed E-state index contributed by atoms with van der Waals surface area (Å²) >= 11 is 10.5. The van der Waals surface area contributed by atoms with Gasteiger partial charge in [0.05, 0.1) is 16.5 Å². The van der Waals surface area contributed by atoms with Gasteiger partial charge in [0.15, 0.2) is 5.78 Å². The Labute approximate surface area is 98.0 Å². The van der Waals surface area contributed by atoms with E-state index in [4.69, 9.17) is 23.2 Å². The summed E-state index contributed by atoms with van der Waals surface area (Å²) < 4.78 is 50.0. The van der Waals surface area contributed by atoms with Gasteiger partial charge < -0.3 is 0 Å². The van der Waals surface area contributed by atoms with Crippen molar-refractivity contribution in [1.29, 1.82) is 0 Å². The summed E-state index contributed by atoms with van der Waals surface area (Å²) in [5.41, 5.74) is -1.95. The molecule has 0 atom stereocenters. The quantitative estimate of drug-likeness (QED) is 0.454. The first kappa shape index (κ1) is 13.3. The fourth-order valence-corrected chi connectivity index (χ4v) is 1.54. The highest BCUT2D eigenvalue weighted by atomic mass is 35.5. The van der Waals surface area contributed by atoms with Crippen LogP contribution in [-0.4, -0.2) is 11.7 Å². The number of alkyl halides is 4. The summed E-state index contributed by atoms with van der Waals surface area (Å²) in [5.74, 6) is -2.62. The maximum Gasteiger partial charge on any atom is 0.417 e. The Morgan fingerprint density at radius 1 is 1.31 bits per heavy atom. The van der Waals surface area contributed by atoms with E-state index in [9.17, 15) is 22.4 Å². The molecule has 0 aromatic heterocycles. The third-order valence-corrected chi connectivity index (χ3v) is 2.41. The average Bonchev–Trinajstić information content (AvgIpc) is 2.18. The normalized spacial score (nSPS) is 11.6. The van der Waals surface area contributed by atoms with Crippen molar-refractivity contribution in [3.8, 4) is 0 Å². The van der Waals surface area contributed by atoms with Crippen LogP contribution in [0.2, 0.25) is 5.02 Å². The highest BCUT2D eigenvalue weighted by Crippen LogP contribution is 2.37. The van der Waals surface area contributed by atoms with E-state index in [0.717, 1.165) is 0 Å². The van der Waals surface area contributed by atoms with Crippen molar-refractivity contribution in [2.75, 3.05) is 5.88 Å². The Morgan fingerprint density at radius 2 is 1.88 bits per heavy atom. The van der Waals surface area contributed by atoms with Gasteiger partial charge in [0.2, 0.25) is 0 Å². The Bertz CT molecular complexity index is 428. The second kappa shape index (κ2) is 4.59. The van der Waals surface area contributed by atoms with Crippen LogP contribution in [0.25, 0.3) is 0 Å². The first-order valence-corrected chi connectivity index (χ1v) is 4.84. The molecule has 0 saturated carbocycles. The number of ketones is 1. The molecule has 1 aromatic rings. The van der Waals surface area contributed by atoms with Crippen LogP contribution in [0, 0.1) is 5.82 Å². The molecule has 0 bridgehead atoms. The van der Waals surface area contributed by atoms with Crippen LogP contribution in [0.1, 0.15) is 15.9 Å². The highest BCUT2D eigenvalue weighted by molar-refractivity contribution is 6.37. The molecule has 0 amide bonds. The third kappa shape index (κ3) is 2.65. The van der Waals surface area contributed by atoms with Gasteiger partial charge in [-0.3, -0.25) is 4.79 Å². The van der Waals surface area contributed by atoms with E-state index in [-0.39, 0.29) is 6.07 Å². The van der Waals surface area contributed by atoms with Crippen LogP contribution >= 0.6 is 23.2 Å². The zero-order valence-electron chi connectivity index (χ0n) is 7.54. The van der Waals surface area contributed by atoms with Crippen molar-refractivity contribution < 1.29 is 22.4 Å². The van der Waals surface area contributed by atoms with Gasteiger partial charge in [-0.25, -0.2) is 4.39 Å². The van der Waals surface area contributed by atoms with Gasteiger partial charge in [-0.2, -0.15) is 13.2 Å². The molecule has 0 aliphatic heterocycles. The smallest absolute Gasteiger partial charge is 0.293 e. The van der Waals surface area contributed by atoms with Crippen LogP contribution in [0.5, 0.6) is 0 Å². The van der Waals surface area contributed by atoms with E-state index < -0.39 is 39.8 Å². The zero-order valence-corrected chi connectivity index (χ0v) is 9.05. The lowest BCUT2D eigenvalue weighted by Gasteiger charge is -2.11. The second-order valence-electron chi connectivity index (χ2n) is 2.87. The Morgan fingerprint density at radius 3 is 2.31 bits per heavy atom. The van der Waals surface area contributed by atoms with E-state index in [0.29, 0.717) is 6.07 Å². The molecule has 0 fully saturated rings. The Kier molecular flexibility index (Phi) is 3.80. The average molecular weight is 275 g/mol. The summed E-state index contributed by atoms with van der Waals surface area (Å²) in [4.78, 5) is 11.1. The summed E-state index contributed by atoms with van der Waals surface area (Å²) in [5, 5.41) is -0.834. The molecule has 0 aliphatic carbocycles. The summed E-state index contributed by atoms with van der Waals surface area (Å²) in [7, 11) is 0. The molecule has 88 valence electrons. The molecule has 1 rings (SSSR count). The number of carbonyl (C=O) groups excluding carboxylic acids is 1. The van der Waals surface area contributed by atoms with Crippen molar-refractivity contribution >= 4 is 29.0 Å². The lowest BCUT2D eigenvalue weighted by atomic mass is 10.1. The van der Waals surface area contributed by atoms with Crippen molar-refractivity contribution in [2.45, 2.75) is 6.18 Å². The molecule has 0 N–H and O–H groups in total.